The molecule has 0 saturated heterocycles. The Hall–Kier alpha value is -7.55. The van der Waals surface area contributed by atoms with Crippen LogP contribution in [0.15, 0.2) is 206 Å². The highest BCUT2D eigenvalue weighted by molar-refractivity contribution is 6.25. The zero-order valence-electron chi connectivity index (χ0n) is 32.4. The van der Waals surface area contributed by atoms with Crippen molar-refractivity contribution in [3.63, 3.8) is 0 Å². The van der Waals surface area contributed by atoms with Crippen molar-refractivity contribution >= 4 is 76.2 Å². The first kappa shape index (κ1) is 33.6. The van der Waals surface area contributed by atoms with Crippen LogP contribution >= 0.6 is 0 Å². The molecule has 276 valence electrons. The van der Waals surface area contributed by atoms with Crippen LogP contribution in [0.5, 0.6) is 0 Å². The predicted octanol–water partition coefficient (Wildman–Crippen LogP) is 15.4. The van der Waals surface area contributed by atoms with Crippen molar-refractivity contribution < 1.29 is 0 Å². The Bertz CT molecular complexity index is 3480. The van der Waals surface area contributed by atoms with Crippen LogP contribution in [-0.4, -0.2) is 9.55 Å². The van der Waals surface area contributed by atoms with Gasteiger partial charge in [-0.15, -0.1) is 0 Å². The maximum absolute atomic E-state index is 4.89. The van der Waals surface area contributed by atoms with E-state index in [9.17, 15) is 0 Å². The van der Waals surface area contributed by atoms with E-state index in [0.29, 0.717) is 0 Å². The summed E-state index contributed by atoms with van der Waals surface area (Å²) in [6, 6.07) is 69.0. The van der Waals surface area contributed by atoms with Gasteiger partial charge in [0.2, 0.25) is 0 Å². The van der Waals surface area contributed by atoms with Crippen molar-refractivity contribution in [3.05, 3.63) is 218 Å². The number of fused-ring (bicyclic) bond motifs is 7. The third-order valence-corrected chi connectivity index (χ3v) is 12.5. The minimum Gasteiger partial charge on any atom is -0.308 e. The summed E-state index contributed by atoms with van der Waals surface area (Å²) in [5, 5.41) is 11.3. The number of pyridine rings is 1. The molecule has 2 aromatic heterocycles. The molecular weight excluding hydrogens is 713 g/mol. The number of aromatic nitrogens is 2. The molecule has 0 N–H and O–H groups in total. The van der Waals surface area contributed by atoms with Gasteiger partial charge in [0.15, 0.2) is 0 Å². The zero-order chi connectivity index (χ0) is 38.9. The SMILES string of the molecule is C1=C(c2ccc3c(c2)c2ncccc2n3-c2ccccc2)CCC=C1c1ccc(-c2c3ccccc3c(-c3cccc4ccccc34)c3ccccc23)c2ccccc12. The Morgan fingerprint density at radius 3 is 1.75 bits per heavy atom. The van der Waals surface area contributed by atoms with Crippen LogP contribution in [0.2, 0.25) is 0 Å². The number of para-hydroxylation sites is 1. The summed E-state index contributed by atoms with van der Waals surface area (Å²) in [5.41, 5.74) is 14.7. The van der Waals surface area contributed by atoms with E-state index < -0.39 is 0 Å². The van der Waals surface area contributed by atoms with Crippen LogP contribution in [0.3, 0.4) is 0 Å². The first-order valence-corrected chi connectivity index (χ1v) is 20.6. The molecule has 1 aliphatic carbocycles. The van der Waals surface area contributed by atoms with Crippen molar-refractivity contribution in [3.8, 4) is 27.9 Å². The van der Waals surface area contributed by atoms with Gasteiger partial charge < -0.3 is 4.57 Å². The molecule has 0 atom stereocenters. The molecule has 0 fully saturated rings. The van der Waals surface area contributed by atoms with Crippen LogP contribution in [0, 0.1) is 0 Å². The smallest absolute Gasteiger partial charge is 0.0963 e. The summed E-state index contributed by atoms with van der Waals surface area (Å²) in [4.78, 5) is 4.89. The molecule has 11 aromatic rings. The van der Waals surface area contributed by atoms with E-state index in [1.54, 1.807) is 0 Å². The summed E-state index contributed by atoms with van der Waals surface area (Å²) in [7, 11) is 0. The van der Waals surface area contributed by atoms with Gasteiger partial charge in [0, 0.05) is 17.3 Å². The molecule has 0 unspecified atom stereocenters. The van der Waals surface area contributed by atoms with Crippen molar-refractivity contribution in [2.24, 2.45) is 0 Å². The standard InChI is InChI=1S/C57H38N2/c1-2-19-41(20-3-1)59-53-33-30-39(36-52(53)57-54(59)29-14-34-58-57)38-17-12-18-40(35-38)43-31-32-51(45-23-7-6-22-44(43)45)56-49-26-10-8-24-47(49)55(48-25-9-11-27-50(48)56)46-28-13-16-37-15-4-5-21-42(37)46/h1-11,13-16,18-36H,12,17H2. The Balaban J connectivity index is 1.01. The number of hydrogen-bond acceptors (Lipinski definition) is 1. The second-order valence-corrected chi connectivity index (χ2v) is 15.7. The molecule has 0 bridgehead atoms. The monoisotopic (exact) mass is 750 g/mol. The highest BCUT2D eigenvalue weighted by atomic mass is 15.0. The zero-order valence-corrected chi connectivity index (χ0v) is 32.4. The summed E-state index contributed by atoms with van der Waals surface area (Å²) < 4.78 is 2.33. The van der Waals surface area contributed by atoms with E-state index in [-0.39, 0.29) is 0 Å². The number of rotatable bonds is 5. The van der Waals surface area contributed by atoms with Crippen molar-refractivity contribution in [1.29, 1.82) is 0 Å². The highest BCUT2D eigenvalue weighted by Crippen LogP contribution is 2.47. The molecule has 2 nitrogen and oxygen atoms in total. The van der Waals surface area contributed by atoms with Crippen LogP contribution in [0.1, 0.15) is 24.0 Å². The van der Waals surface area contributed by atoms with Gasteiger partial charge in [0.05, 0.1) is 16.6 Å². The highest BCUT2D eigenvalue weighted by Gasteiger charge is 2.21. The summed E-state index contributed by atoms with van der Waals surface area (Å²) in [6.07, 6.45) is 8.75. The molecule has 1 aliphatic rings. The molecule has 0 spiro atoms. The van der Waals surface area contributed by atoms with Crippen LogP contribution < -0.4 is 0 Å². The summed E-state index contributed by atoms with van der Waals surface area (Å²) in [5.74, 6) is 0. The average Bonchev–Trinajstić information content (AvgIpc) is 3.64. The van der Waals surface area contributed by atoms with Gasteiger partial charge in [-0.25, -0.2) is 0 Å². The van der Waals surface area contributed by atoms with Crippen LogP contribution in [0.25, 0.3) is 104 Å². The van der Waals surface area contributed by atoms with Crippen molar-refractivity contribution in [1.82, 2.24) is 9.55 Å². The molecule has 9 aromatic carbocycles. The van der Waals surface area contributed by atoms with Crippen LogP contribution in [-0.2, 0) is 0 Å². The van der Waals surface area contributed by atoms with E-state index in [1.807, 2.05) is 12.3 Å². The van der Waals surface area contributed by atoms with E-state index >= 15 is 0 Å². The predicted molar refractivity (Wildman–Crippen MR) is 251 cm³/mol. The average molecular weight is 751 g/mol. The molecular formula is C57H38N2. The molecule has 12 rings (SSSR count). The number of hydrogen-bond donors (Lipinski definition) is 0. The van der Waals surface area contributed by atoms with E-state index in [1.165, 1.54) is 98.5 Å². The van der Waals surface area contributed by atoms with Gasteiger partial charge in [-0.3, -0.25) is 4.98 Å². The molecule has 59 heavy (non-hydrogen) atoms. The molecule has 0 aliphatic heterocycles. The lowest BCUT2D eigenvalue weighted by molar-refractivity contribution is 1.06. The van der Waals surface area contributed by atoms with E-state index in [0.717, 1.165) is 29.6 Å². The first-order valence-electron chi connectivity index (χ1n) is 20.6. The first-order chi connectivity index (χ1) is 29.3. The minimum atomic E-state index is 0.990. The lowest BCUT2D eigenvalue weighted by Gasteiger charge is -2.21. The van der Waals surface area contributed by atoms with Gasteiger partial charge in [0.1, 0.15) is 0 Å². The number of benzene rings is 9. The van der Waals surface area contributed by atoms with Crippen LogP contribution in [0.4, 0.5) is 0 Å². The molecule has 2 heterocycles. The molecule has 0 amide bonds. The van der Waals surface area contributed by atoms with Gasteiger partial charge >= 0.3 is 0 Å². The molecule has 2 heteroatoms. The van der Waals surface area contributed by atoms with Crippen molar-refractivity contribution in [2.45, 2.75) is 12.8 Å². The number of nitrogens with zero attached hydrogens (tertiary/aromatic N) is 2. The third-order valence-electron chi connectivity index (χ3n) is 12.5. The fraction of sp³-hybridized carbons (Fsp3) is 0.0351. The second-order valence-electron chi connectivity index (χ2n) is 15.7. The number of allylic oxidation sites excluding steroid dienone is 4. The Kier molecular flexibility index (Phi) is 7.71. The van der Waals surface area contributed by atoms with Crippen molar-refractivity contribution in [2.75, 3.05) is 0 Å². The second kappa shape index (κ2) is 13.5. The topological polar surface area (TPSA) is 17.8 Å². The maximum atomic E-state index is 4.89. The largest absolute Gasteiger partial charge is 0.308 e. The lowest BCUT2D eigenvalue weighted by atomic mass is 9.82. The third kappa shape index (κ3) is 5.30. The molecule has 0 radical (unpaired) electrons. The lowest BCUT2D eigenvalue weighted by Crippen LogP contribution is -1.96. The normalized spacial score (nSPS) is 13.2. The fourth-order valence-electron chi connectivity index (χ4n) is 9.93. The van der Waals surface area contributed by atoms with Gasteiger partial charge in [0.25, 0.3) is 0 Å². The Morgan fingerprint density at radius 2 is 1.02 bits per heavy atom. The van der Waals surface area contributed by atoms with Gasteiger partial charge in [-0.1, -0.05) is 164 Å². The van der Waals surface area contributed by atoms with E-state index in [2.05, 4.69) is 199 Å². The summed E-state index contributed by atoms with van der Waals surface area (Å²) in [6.45, 7) is 0. The van der Waals surface area contributed by atoms with Gasteiger partial charge in [-0.05, 0) is 137 Å². The Morgan fingerprint density at radius 1 is 0.424 bits per heavy atom. The van der Waals surface area contributed by atoms with Gasteiger partial charge in [-0.2, -0.15) is 0 Å². The molecule has 0 saturated carbocycles. The fourth-order valence-corrected chi connectivity index (χ4v) is 9.93. The Labute approximate surface area is 342 Å². The minimum absolute atomic E-state index is 0.990. The maximum Gasteiger partial charge on any atom is 0.0963 e. The summed E-state index contributed by atoms with van der Waals surface area (Å²) >= 11 is 0. The van der Waals surface area contributed by atoms with E-state index in [4.69, 9.17) is 4.98 Å². The quantitative estimate of drug-likeness (QED) is 0.160.